The first-order valence-corrected chi connectivity index (χ1v) is 7.65. The van der Waals surface area contributed by atoms with Crippen molar-refractivity contribution in [1.82, 2.24) is 15.2 Å². The second kappa shape index (κ2) is 6.43. The number of piperazine rings is 1. The summed E-state index contributed by atoms with van der Waals surface area (Å²) in [6.07, 6.45) is 1.80. The molecule has 2 heterocycles. The fourth-order valence-electron chi connectivity index (χ4n) is 2.43. The quantitative estimate of drug-likeness (QED) is 0.921. The number of amides is 1. The fraction of sp³-hybridized carbons (Fsp3) is 0.625. The Morgan fingerprint density at radius 3 is 2.38 bits per heavy atom. The van der Waals surface area contributed by atoms with Crippen LogP contribution in [0.4, 0.5) is 5.69 Å². The highest BCUT2D eigenvalue weighted by Crippen LogP contribution is 2.15. The maximum Gasteiger partial charge on any atom is 0.270 e. The first-order chi connectivity index (χ1) is 9.89. The minimum absolute atomic E-state index is 0.121. The Hall–Kier alpha value is -1.62. The number of carbonyl (C=O) groups excluding carboxylic acids is 1. The zero-order valence-electron chi connectivity index (χ0n) is 13.5. The van der Waals surface area contributed by atoms with E-state index in [1.165, 1.54) is 0 Å². The normalized spacial score (nSPS) is 16.9. The number of nitrogens with zero attached hydrogens (tertiary/aromatic N) is 3. The molecule has 1 aliphatic rings. The van der Waals surface area contributed by atoms with Crippen LogP contribution >= 0.6 is 0 Å². The number of carbonyl (C=O) groups is 1. The van der Waals surface area contributed by atoms with Gasteiger partial charge in [0.25, 0.3) is 5.91 Å². The zero-order chi connectivity index (χ0) is 15.5. The van der Waals surface area contributed by atoms with Crippen molar-refractivity contribution in [3.63, 3.8) is 0 Å². The third kappa shape index (κ3) is 4.43. The summed E-state index contributed by atoms with van der Waals surface area (Å²) < 4.78 is 0. The molecule has 1 N–H and O–H groups in total. The van der Waals surface area contributed by atoms with Gasteiger partial charge in [-0.15, -0.1) is 0 Å². The lowest BCUT2D eigenvalue weighted by molar-refractivity contribution is 0.0914. The maximum atomic E-state index is 12.0. The van der Waals surface area contributed by atoms with Gasteiger partial charge in [-0.2, -0.15) is 0 Å². The van der Waals surface area contributed by atoms with E-state index in [2.05, 4.69) is 27.0 Å². The number of rotatable bonds is 3. The van der Waals surface area contributed by atoms with Gasteiger partial charge in [0.1, 0.15) is 5.69 Å². The molecule has 116 valence electrons. The molecule has 2 rings (SSSR count). The zero-order valence-corrected chi connectivity index (χ0v) is 13.5. The number of pyridine rings is 1. The summed E-state index contributed by atoms with van der Waals surface area (Å²) in [5, 5.41) is 2.93. The summed E-state index contributed by atoms with van der Waals surface area (Å²) in [6.45, 7) is 13.4. The second-order valence-electron chi connectivity index (χ2n) is 6.53. The topological polar surface area (TPSA) is 48.5 Å². The predicted octanol–water partition coefficient (Wildman–Crippen LogP) is 1.75. The van der Waals surface area contributed by atoms with E-state index in [4.69, 9.17) is 0 Å². The van der Waals surface area contributed by atoms with Gasteiger partial charge in [-0.25, -0.2) is 4.98 Å². The average Bonchev–Trinajstić information content (AvgIpc) is 2.46. The molecule has 5 heteroatoms. The van der Waals surface area contributed by atoms with Crippen LogP contribution in [0, 0.1) is 0 Å². The van der Waals surface area contributed by atoms with Crippen LogP contribution in [0.2, 0.25) is 0 Å². The molecule has 21 heavy (non-hydrogen) atoms. The first kappa shape index (κ1) is 15.8. The lowest BCUT2D eigenvalue weighted by Crippen LogP contribution is -2.46. The van der Waals surface area contributed by atoms with E-state index in [9.17, 15) is 4.79 Å². The van der Waals surface area contributed by atoms with Gasteiger partial charge in [0, 0.05) is 31.7 Å². The number of anilines is 1. The average molecular weight is 290 g/mol. The van der Waals surface area contributed by atoms with Gasteiger partial charge >= 0.3 is 0 Å². The highest BCUT2D eigenvalue weighted by molar-refractivity contribution is 5.92. The van der Waals surface area contributed by atoms with Gasteiger partial charge in [-0.3, -0.25) is 4.79 Å². The Labute approximate surface area is 127 Å². The molecule has 1 saturated heterocycles. The largest absolute Gasteiger partial charge is 0.368 e. The SMILES string of the molecule is CCN1CCN(c2ccc(C(=O)NC(C)(C)C)nc2)CC1. The van der Waals surface area contributed by atoms with Crippen LogP contribution in [-0.2, 0) is 0 Å². The molecule has 0 bridgehead atoms. The lowest BCUT2D eigenvalue weighted by atomic mass is 10.1. The molecule has 0 aliphatic carbocycles. The van der Waals surface area contributed by atoms with Crippen LogP contribution in [0.5, 0.6) is 0 Å². The highest BCUT2D eigenvalue weighted by atomic mass is 16.2. The van der Waals surface area contributed by atoms with Crippen molar-refractivity contribution in [3.8, 4) is 0 Å². The van der Waals surface area contributed by atoms with Gasteiger partial charge in [-0.05, 0) is 39.4 Å². The lowest BCUT2D eigenvalue weighted by Gasteiger charge is -2.35. The van der Waals surface area contributed by atoms with Crippen molar-refractivity contribution in [2.24, 2.45) is 0 Å². The van der Waals surface area contributed by atoms with Crippen molar-refractivity contribution in [2.45, 2.75) is 33.2 Å². The maximum absolute atomic E-state index is 12.0. The Bertz CT molecular complexity index is 470. The second-order valence-corrected chi connectivity index (χ2v) is 6.53. The Kier molecular flexibility index (Phi) is 4.83. The molecular weight excluding hydrogens is 264 g/mol. The van der Waals surface area contributed by atoms with Crippen LogP contribution in [0.1, 0.15) is 38.2 Å². The molecule has 0 spiro atoms. The smallest absolute Gasteiger partial charge is 0.270 e. The minimum atomic E-state index is -0.242. The van der Waals surface area contributed by atoms with Crippen LogP contribution in [0.15, 0.2) is 18.3 Å². The Morgan fingerprint density at radius 1 is 1.24 bits per heavy atom. The van der Waals surface area contributed by atoms with Crippen LogP contribution in [-0.4, -0.2) is 54.1 Å². The standard InChI is InChI=1S/C16H26N4O/c1-5-19-8-10-20(11-9-19)13-6-7-14(17-12-13)15(21)18-16(2,3)4/h6-7,12H,5,8-11H2,1-4H3,(H,18,21). The molecule has 1 amide bonds. The molecule has 0 unspecified atom stereocenters. The molecule has 0 aromatic carbocycles. The summed E-state index contributed by atoms with van der Waals surface area (Å²) in [6, 6.07) is 3.80. The minimum Gasteiger partial charge on any atom is -0.368 e. The number of hydrogen-bond donors (Lipinski definition) is 1. The van der Waals surface area contributed by atoms with Crippen LogP contribution < -0.4 is 10.2 Å². The first-order valence-electron chi connectivity index (χ1n) is 7.65. The molecule has 1 aromatic heterocycles. The molecule has 0 atom stereocenters. The molecule has 1 fully saturated rings. The number of hydrogen-bond acceptors (Lipinski definition) is 4. The van der Waals surface area contributed by atoms with Crippen molar-refractivity contribution in [1.29, 1.82) is 0 Å². The molecule has 0 radical (unpaired) electrons. The van der Waals surface area contributed by atoms with Gasteiger partial charge in [0.05, 0.1) is 11.9 Å². The third-order valence-corrected chi connectivity index (χ3v) is 3.65. The summed E-state index contributed by atoms with van der Waals surface area (Å²) >= 11 is 0. The Balaban J connectivity index is 1.98. The van der Waals surface area contributed by atoms with Crippen LogP contribution in [0.25, 0.3) is 0 Å². The molecular formula is C16H26N4O. The summed E-state index contributed by atoms with van der Waals surface area (Å²) in [5.74, 6) is -0.121. The van der Waals surface area contributed by atoms with Gasteiger partial charge < -0.3 is 15.1 Å². The van der Waals surface area contributed by atoms with Crippen molar-refractivity contribution in [2.75, 3.05) is 37.6 Å². The summed E-state index contributed by atoms with van der Waals surface area (Å²) in [7, 11) is 0. The monoisotopic (exact) mass is 290 g/mol. The molecule has 1 aliphatic heterocycles. The van der Waals surface area contributed by atoms with E-state index >= 15 is 0 Å². The summed E-state index contributed by atoms with van der Waals surface area (Å²) in [5.41, 5.74) is 1.33. The van der Waals surface area contributed by atoms with E-state index in [0.717, 1.165) is 38.4 Å². The third-order valence-electron chi connectivity index (χ3n) is 3.65. The molecule has 0 saturated carbocycles. The fourth-order valence-corrected chi connectivity index (χ4v) is 2.43. The van der Waals surface area contributed by atoms with E-state index in [-0.39, 0.29) is 11.4 Å². The van der Waals surface area contributed by atoms with Gasteiger partial charge in [-0.1, -0.05) is 6.92 Å². The van der Waals surface area contributed by atoms with E-state index in [1.807, 2.05) is 32.9 Å². The predicted molar refractivity (Wildman–Crippen MR) is 85.8 cm³/mol. The molecule has 1 aromatic rings. The summed E-state index contributed by atoms with van der Waals surface area (Å²) in [4.78, 5) is 21.1. The van der Waals surface area contributed by atoms with E-state index in [0.29, 0.717) is 5.69 Å². The van der Waals surface area contributed by atoms with Crippen molar-refractivity contribution >= 4 is 11.6 Å². The number of nitrogens with one attached hydrogen (secondary N) is 1. The van der Waals surface area contributed by atoms with Crippen LogP contribution in [0.3, 0.4) is 0 Å². The molecule has 5 nitrogen and oxygen atoms in total. The van der Waals surface area contributed by atoms with E-state index in [1.54, 1.807) is 6.20 Å². The highest BCUT2D eigenvalue weighted by Gasteiger charge is 2.18. The number of likely N-dealkylation sites (N-methyl/N-ethyl adjacent to an activating group) is 1. The van der Waals surface area contributed by atoms with Gasteiger partial charge in [0.2, 0.25) is 0 Å². The Morgan fingerprint density at radius 2 is 1.90 bits per heavy atom. The number of aromatic nitrogens is 1. The van der Waals surface area contributed by atoms with E-state index < -0.39 is 0 Å². The van der Waals surface area contributed by atoms with Crippen molar-refractivity contribution < 1.29 is 4.79 Å². The van der Waals surface area contributed by atoms with Gasteiger partial charge in [0.15, 0.2) is 0 Å². The van der Waals surface area contributed by atoms with Crippen molar-refractivity contribution in [3.05, 3.63) is 24.0 Å².